The van der Waals surface area contributed by atoms with Crippen LogP contribution in [0.25, 0.3) is 0 Å². The summed E-state index contributed by atoms with van der Waals surface area (Å²) in [4.78, 5) is -0.143. The number of hydrogen-bond acceptors (Lipinski definition) is 4. The molecule has 1 aromatic carbocycles. The number of hydrogen-bond donors (Lipinski definition) is 2. The maximum atomic E-state index is 12.9. The van der Waals surface area contributed by atoms with Crippen LogP contribution in [0.2, 0.25) is 0 Å². The van der Waals surface area contributed by atoms with Gasteiger partial charge in [0.15, 0.2) is 0 Å². The molecule has 5 nitrogen and oxygen atoms in total. The van der Waals surface area contributed by atoms with Crippen molar-refractivity contribution in [1.29, 1.82) is 0 Å². The Kier molecular flexibility index (Phi) is 4.31. The van der Waals surface area contributed by atoms with E-state index >= 15 is 0 Å². The van der Waals surface area contributed by atoms with Gasteiger partial charge in [0, 0.05) is 13.7 Å². The quantitative estimate of drug-likeness (QED) is 0.789. The summed E-state index contributed by atoms with van der Waals surface area (Å²) in [5.74, 6) is -0.580. The summed E-state index contributed by atoms with van der Waals surface area (Å²) >= 11 is 0. The van der Waals surface area contributed by atoms with Gasteiger partial charge in [-0.25, -0.2) is 17.5 Å². The number of sulfonamides is 1. The Bertz CT molecular complexity index is 529. The number of methoxy groups -OCH3 is 1. The number of nitrogens with two attached hydrogens (primary N) is 1. The molecule has 0 unspecified atom stereocenters. The van der Waals surface area contributed by atoms with Crippen LogP contribution in [0.1, 0.15) is 13.8 Å². The number of ether oxygens (including phenoxy) is 1. The number of nitrogen functional groups attached to an aromatic ring is 1. The fraction of sp³-hybridized carbons (Fsp3) is 0.455. The minimum Gasteiger partial charge on any atom is -0.398 e. The summed E-state index contributed by atoms with van der Waals surface area (Å²) in [6.45, 7) is 3.57. The molecule has 0 saturated carbocycles. The summed E-state index contributed by atoms with van der Waals surface area (Å²) < 4.78 is 44.2. The normalized spacial score (nSPS) is 12.7. The van der Waals surface area contributed by atoms with Gasteiger partial charge >= 0.3 is 0 Å². The van der Waals surface area contributed by atoms with Gasteiger partial charge in [0.05, 0.1) is 11.3 Å². The summed E-state index contributed by atoms with van der Waals surface area (Å²) in [6, 6.07) is 3.15. The van der Waals surface area contributed by atoms with Crippen molar-refractivity contribution in [3.05, 3.63) is 24.0 Å². The van der Waals surface area contributed by atoms with Crippen LogP contribution in [0.3, 0.4) is 0 Å². The van der Waals surface area contributed by atoms with Crippen molar-refractivity contribution < 1.29 is 17.5 Å². The first-order chi connectivity index (χ1) is 8.18. The van der Waals surface area contributed by atoms with Crippen LogP contribution in [0.15, 0.2) is 23.1 Å². The minimum absolute atomic E-state index is 0.0860. The predicted octanol–water partition coefficient (Wildman–Crippen LogP) is 1.11. The van der Waals surface area contributed by atoms with Crippen LogP contribution >= 0.6 is 0 Å². The van der Waals surface area contributed by atoms with Gasteiger partial charge in [-0.2, -0.15) is 0 Å². The highest BCUT2D eigenvalue weighted by Crippen LogP contribution is 2.19. The maximum Gasteiger partial charge on any atom is 0.242 e. The van der Waals surface area contributed by atoms with Crippen LogP contribution < -0.4 is 10.5 Å². The van der Waals surface area contributed by atoms with E-state index in [1.807, 2.05) is 0 Å². The van der Waals surface area contributed by atoms with Gasteiger partial charge in [-0.05, 0) is 32.0 Å². The molecule has 102 valence electrons. The van der Waals surface area contributed by atoms with Crippen molar-refractivity contribution in [3.63, 3.8) is 0 Å². The van der Waals surface area contributed by atoms with Gasteiger partial charge < -0.3 is 10.5 Å². The Balaban J connectivity index is 2.94. The van der Waals surface area contributed by atoms with Crippen molar-refractivity contribution in [2.75, 3.05) is 19.4 Å². The SMILES string of the molecule is COC(C)(C)CNS(=O)(=O)c1ccc(F)cc1N. The van der Waals surface area contributed by atoms with E-state index in [0.717, 1.165) is 18.2 Å². The molecule has 0 aliphatic heterocycles. The molecule has 0 spiro atoms. The molecule has 1 rings (SSSR count). The van der Waals surface area contributed by atoms with E-state index in [1.165, 1.54) is 7.11 Å². The van der Waals surface area contributed by atoms with Crippen molar-refractivity contribution in [3.8, 4) is 0 Å². The summed E-state index contributed by atoms with van der Waals surface area (Å²) in [5, 5.41) is 0. The standard InChI is InChI=1S/C11H17FN2O3S/c1-11(2,17-3)7-14-18(15,16)10-5-4-8(12)6-9(10)13/h4-6,14H,7,13H2,1-3H3. The van der Waals surface area contributed by atoms with Crippen LogP contribution in [-0.4, -0.2) is 27.7 Å². The average molecular weight is 276 g/mol. The Hall–Kier alpha value is -1.18. The zero-order valence-electron chi connectivity index (χ0n) is 10.5. The van der Waals surface area contributed by atoms with Gasteiger partial charge in [0.2, 0.25) is 10.0 Å². The average Bonchev–Trinajstić information content (AvgIpc) is 2.26. The number of halogens is 1. The minimum atomic E-state index is -3.77. The molecule has 7 heteroatoms. The molecular formula is C11H17FN2O3S. The highest BCUT2D eigenvalue weighted by Gasteiger charge is 2.23. The number of rotatable bonds is 5. The second-order valence-corrected chi connectivity index (χ2v) is 6.21. The Labute approximate surface area is 106 Å². The fourth-order valence-electron chi connectivity index (χ4n) is 1.18. The molecule has 0 atom stereocenters. The van der Waals surface area contributed by atoms with Crippen molar-refractivity contribution in [2.45, 2.75) is 24.3 Å². The van der Waals surface area contributed by atoms with Crippen LogP contribution in [0, 0.1) is 5.82 Å². The summed E-state index contributed by atoms with van der Waals surface area (Å²) in [7, 11) is -2.29. The fourth-order valence-corrected chi connectivity index (χ4v) is 2.49. The van der Waals surface area contributed by atoms with Gasteiger partial charge in [-0.3, -0.25) is 0 Å². The molecular weight excluding hydrogens is 259 g/mol. The molecule has 0 aliphatic carbocycles. The molecule has 0 radical (unpaired) electrons. The third-order valence-electron chi connectivity index (χ3n) is 2.50. The lowest BCUT2D eigenvalue weighted by Gasteiger charge is -2.23. The monoisotopic (exact) mass is 276 g/mol. The molecule has 0 fully saturated rings. The van der Waals surface area contributed by atoms with Gasteiger partial charge in [-0.1, -0.05) is 0 Å². The molecule has 3 N–H and O–H groups in total. The summed E-state index contributed by atoms with van der Waals surface area (Å²) in [6.07, 6.45) is 0. The Morgan fingerprint density at radius 3 is 2.56 bits per heavy atom. The Morgan fingerprint density at radius 2 is 2.06 bits per heavy atom. The van der Waals surface area contributed by atoms with E-state index in [9.17, 15) is 12.8 Å². The molecule has 0 bridgehead atoms. The predicted molar refractivity (Wildman–Crippen MR) is 67.1 cm³/mol. The molecule has 0 amide bonds. The van der Waals surface area contributed by atoms with E-state index in [1.54, 1.807) is 13.8 Å². The molecule has 0 saturated heterocycles. The number of nitrogens with one attached hydrogen (secondary N) is 1. The van der Waals surface area contributed by atoms with Crippen molar-refractivity contribution in [2.24, 2.45) is 0 Å². The second kappa shape index (κ2) is 5.21. The van der Waals surface area contributed by atoms with E-state index < -0.39 is 21.4 Å². The third kappa shape index (κ3) is 3.66. The first kappa shape index (κ1) is 14.9. The van der Waals surface area contributed by atoms with Gasteiger partial charge in [-0.15, -0.1) is 0 Å². The van der Waals surface area contributed by atoms with Crippen LogP contribution in [-0.2, 0) is 14.8 Å². The van der Waals surface area contributed by atoms with Crippen molar-refractivity contribution >= 4 is 15.7 Å². The highest BCUT2D eigenvalue weighted by molar-refractivity contribution is 7.89. The lowest BCUT2D eigenvalue weighted by atomic mass is 10.1. The molecule has 0 aromatic heterocycles. The van der Waals surface area contributed by atoms with E-state index in [4.69, 9.17) is 10.5 Å². The van der Waals surface area contributed by atoms with E-state index in [0.29, 0.717) is 0 Å². The van der Waals surface area contributed by atoms with Crippen molar-refractivity contribution in [1.82, 2.24) is 4.72 Å². The lowest BCUT2D eigenvalue weighted by molar-refractivity contribution is 0.0276. The number of benzene rings is 1. The smallest absolute Gasteiger partial charge is 0.242 e. The first-order valence-corrected chi connectivity index (χ1v) is 6.76. The molecule has 0 aliphatic rings. The topological polar surface area (TPSA) is 81.4 Å². The molecule has 1 aromatic rings. The number of anilines is 1. The first-order valence-electron chi connectivity index (χ1n) is 5.28. The zero-order valence-corrected chi connectivity index (χ0v) is 11.3. The van der Waals surface area contributed by atoms with Crippen LogP contribution in [0.5, 0.6) is 0 Å². The Morgan fingerprint density at radius 1 is 1.44 bits per heavy atom. The highest BCUT2D eigenvalue weighted by atomic mass is 32.2. The van der Waals surface area contributed by atoms with Gasteiger partial charge in [0.1, 0.15) is 10.7 Å². The maximum absolute atomic E-state index is 12.9. The lowest BCUT2D eigenvalue weighted by Crippen LogP contribution is -2.39. The zero-order chi connectivity index (χ0) is 14.0. The summed E-state index contributed by atoms with van der Waals surface area (Å²) in [5.41, 5.74) is 4.72. The van der Waals surface area contributed by atoms with Crippen LogP contribution in [0.4, 0.5) is 10.1 Å². The largest absolute Gasteiger partial charge is 0.398 e. The molecule has 18 heavy (non-hydrogen) atoms. The van der Waals surface area contributed by atoms with Gasteiger partial charge in [0.25, 0.3) is 0 Å². The van der Waals surface area contributed by atoms with E-state index in [2.05, 4.69) is 4.72 Å². The molecule has 0 heterocycles. The van der Waals surface area contributed by atoms with E-state index in [-0.39, 0.29) is 17.1 Å². The third-order valence-corrected chi connectivity index (χ3v) is 3.98. The second-order valence-electron chi connectivity index (χ2n) is 4.47.